The normalized spacial score (nSPS) is 11.3. The van der Waals surface area contributed by atoms with Crippen LogP contribution >= 0.6 is 27.6 Å². The average molecular weight is 539 g/mol. The first-order valence-corrected chi connectivity index (χ1v) is 16.2. The van der Waals surface area contributed by atoms with Crippen molar-refractivity contribution in [2.75, 3.05) is 12.3 Å². The second-order valence-electron chi connectivity index (χ2n) is 9.04. The SMILES string of the molecule is CC(C)[PH+](CC[PH+](C(C)C)C(C)C)C(C)C.[Ni+2].[S-]c1ccccc1Sc1[c-]cccc1. The molecule has 0 fully saturated rings. The van der Waals surface area contributed by atoms with Crippen LogP contribution in [0.15, 0.2) is 63.2 Å². The fourth-order valence-electron chi connectivity index (χ4n) is 3.87. The number of hydrogen-bond donors (Lipinski definition) is 0. The van der Waals surface area contributed by atoms with Crippen LogP contribution in [-0.4, -0.2) is 35.0 Å². The van der Waals surface area contributed by atoms with Crippen LogP contribution in [0, 0.1) is 6.07 Å². The Bertz CT molecular complexity index is 670. The molecule has 0 amide bonds. The van der Waals surface area contributed by atoms with Gasteiger partial charge in [0.15, 0.2) is 0 Å². The summed E-state index contributed by atoms with van der Waals surface area (Å²) in [5, 5.41) is 0. The van der Waals surface area contributed by atoms with Gasteiger partial charge in [0, 0.05) is 15.8 Å². The van der Waals surface area contributed by atoms with Crippen molar-refractivity contribution >= 4 is 40.2 Å². The smallest absolute Gasteiger partial charge is 0.779 e. The molecule has 2 rings (SSSR count). The van der Waals surface area contributed by atoms with Gasteiger partial charge in [-0.15, -0.1) is 16.7 Å². The molecule has 0 saturated carbocycles. The van der Waals surface area contributed by atoms with E-state index in [1.807, 2.05) is 48.5 Å². The summed E-state index contributed by atoms with van der Waals surface area (Å²) in [4.78, 5) is 3.12. The van der Waals surface area contributed by atoms with Gasteiger partial charge in [-0.25, -0.2) is 0 Å². The monoisotopic (exact) mass is 538 g/mol. The van der Waals surface area contributed by atoms with Crippen molar-refractivity contribution in [2.45, 2.75) is 92.7 Å². The minimum Gasteiger partial charge on any atom is -0.779 e. The number of rotatable bonds is 9. The van der Waals surface area contributed by atoms with Crippen molar-refractivity contribution in [3.05, 3.63) is 54.6 Å². The Morgan fingerprint density at radius 2 is 1.19 bits per heavy atom. The van der Waals surface area contributed by atoms with E-state index in [1.165, 1.54) is 0 Å². The van der Waals surface area contributed by atoms with E-state index in [-0.39, 0.29) is 32.3 Å². The van der Waals surface area contributed by atoms with E-state index < -0.39 is 0 Å². The molecule has 0 aliphatic carbocycles. The van der Waals surface area contributed by atoms with Crippen LogP contribution in [0.25, 0.3) is 0 Å². The second-order valence-corrected chi connectivity index (χ2v) is 18.5. The van der Waals surface area contributed by atoms with Crippen molar-refractivity contribution in [3.63, 3.8) is 0 Å². The summed E-state index contributed by atoms with van der Waals surface area (Å²) >= 11 is 6.87. The topological polar surface area (TPSA) is 0 Å². The minimum atomic E-state index is -0.114. The Kier molecular flexibility index (Phi) is 17.1. The van der Waals surface area contributed by atoms with Crippen LogP contribution in [-0.2, 0) is 29.1 Å². The summed E-state index contributed by atoms with van der Waals surface area (Å²) in [6, 6.07) is 19.0. The van der Waals surface area contributed by atoms with Gasteiger partial charge in [-0.05, 0) is 66.4 Å². The maximum Gasteiger partial charge on any atom is 2.00 e. The first-order chi connectivity index (χ1) is 14.1. The summed E-state index contributed by atoms with van der Waals surface area (Å²) < 4.78 is 0. The van der Waals surface area contributed by atoms with Gasteiger partial charge in [0.2, 0.25) is 0 Å². The second kappa shape index (κ2) is 16.9. The van der Waals surface area contributed by atoms with E-state index in [0.29, 0.717) is 0 Å². The maximum atomic E-state index is 5.22. The molecule has 2 aromatic carbocycles. The molecule has 0 atom stereocenters. The van der Waals surface area contributed by atoms with Crippen LogP contribution < -0.4 is 0 Å². The van der Waals surface area contributed by atoms with Crippen LogP contribution in [0.1, 0.15) is 55.4 Å². The fourth-order valence-corrected chi connectivity index (χ4v) is 12.3. The zero-order valence-electron chi connectivity index (χ0n) is 20.5. The number of benzene rings is 2. The Balaban J connectivity index is 0.000000565. The van der Waals surface area contributed by atoms with Gasteiger partial charge in [-0.1, -0.05) is 18.2 Å². The van der Waals surface area contributed by atoms with E-state index in [4.69, 9.17) is 12.6 Å². The summed E-state index contributed by atoms with van der Waals surface area (Å²) in [7, 11) is -0.229. The maximum absolute atomic E-state index is 5.22. The third-order valence-corrected chi connectivity index (χ3v) is 15.0. The van der Waals surface area contributed by atoms with Crippen LogP contribution in [0.5, 0.6) is 0 Å². The molecule has 0 heterocycles. The van der Waals surface area contributed by atoms with Crippen LogP contribution in [0.4, 0.5) is 0 Å². The summed E-state index contributed by atoms with van der Waals surface area (Å²) in [5.41, 5.74) is 3.81. The van der Waals surface area contributed by atoms with Gasteiger partial charge < -0.3 is 12.6 Å². The molecule has 0 N–H and O–H groups in total. The zero-order valence-corrected chi connectivity index (χ0v) is 25.1. The van der Waals surface area contributed by atoms with E-state index in [9.17, 15) is 0 Å². The molecular weight excluding hydrogens is 497 g/mol. The van der Waals surface area contributed by atoms with Crippen LogP contribution in [0.2, 0.25) is 0 Å². The quantitative estimate of drug-likeness (QED) is 0.136. The van der Waals surface area contributed by atoms with E-state index in [2.05, 4.69) is 61.5 Å². The van der Waals surface area contributed by atoms with Crippen molar-refractivity contribution in [1.29, 1.82) is 0 Å². The van der Waals surface area contributed by atoms with E-state index in [0.717, 1.165) is 37.3 Å². The Hall–Kier alpha value is 0.364. The van der Waals surface area contributed by atoms with Gasteiger partial charge in [-0.3, -0.25) is 0 Å². The molecule has 2 aromatic rings. The molecule has 0 aromatic heterocycles. The molecule has 176 valence electrons. The van der Waals surface area contributed by atoms with Crippen molar-refractivity contribution in [3.8, 4) is 0 Å². The molecule has 0 bridgehead atoms. The first-order valence-electron chi connectivity index (χ1n) is 11.2. The van der Waals surface area contributed by atoms with Gasteiger partial charge in [0.05, 0.1) is 35.0 Å². The van der Waals surface area contributed by atoms with E-state index >= 15 is 0 Å². The van der Waals surface area contributed by atoms with Crippen molar-refractivity contribution in [2.24, 2.45) is 0 Å². The molecule has 0 aliphatic heterocycles. The molecule has 0 saturated heterocycles. The predicted octanol–water partition coefficient (Wildman–Crippen LogP) is 8.59. The minimum absolute atomic E-state index is 0. The Morgan fingerprint density at radius 1 is 0.742 bits per heavy atom. The van der Waals surface area contributed by atoms with Gasteiger partial charge in [0.1, 0.15) is 0 Å². The first kappa shape index (κ1) is 31.4. The molecule has 0 nitrogen and oxygen atoms in total. The van der Waals surface area contributed by atoms with Crippen LogP contribution in [0.3, 0.4) is 0 Å². The molecule has 0 aliphatic rings. The van der Waals surface area contributed by atoms with Gasteiger partial charge in [-0.2, -0.15) is 35.2 Å². The fraction of sp³-hybridized carbons (Fsp3) is 0.538. The summed E-state index contributed by atoms with van der Waals surface area (Å²) in [6.45, 7) is 19.5. The standard InChI is InChI=1S/C14H32P2.C12H9S2.Ni/c1-11(2)15(12(3)4)9-10-16(13(5)6)14(7)8;13-11-8-4-5-9-12(11)14-10-6-2-1-3-7-10;/h11-14H,9-10H2,1-8H3;1-6,8-9,13H;/q;-1;+2/p+1. The molecule has 0 spiro atoms. The molecule has 0 unspecified atom stereocenters. The third kappa shape index (κ3) is 12.4. The van der Waals surface area contributed by atoms with Gasteiger partial charge >= 0.3 is 16.5 Å². The molecular formula is C26H42NiP2S2+2. The number of hydrogen-bond acceptors (Lipinski definition) is 2. The Labute approximate surface area is 215 Å². The van der Waals surface area contributed by atoms with Crippen molar-refractivity contribution in [1.82, 2.24) is 0 Å². The average Bonchev–Trinajstić information content (AvgIpc) is 2.67. The van der Waals surface area contributed by atoms with E-state index in [1.54, 1.807) is 24.1 Å². The predicted molar refractivity (Wildman–Crippen MR) is 148 cm³/mol. The Morgan fingerprint density at radius 3 is 1.58 bits per heavy atom. The van der Waals surface area contributed by atoms with Gasteiger partial charge in [0.25, 0.3) is 0 Å². The molecule has 31 heavy (non-hydrogen) atoms. The third-order valence-electron chi connectivity index (χ3n) is 5.42. The largest absolute Gasteiger partial charge is 2.00 e. The molecule has 5 heteroatoms. The molecule has 0 radical (unpaired) electrons. The zero-order chi connectivity index (χ0) is 22.7. The summed E-state index contributed by atoms with van der Waals surface area (Å²) in [5.74, 6) is 0. The summed E-state index contributed by atoms with van der Waals surface area (Å²) in [6.07, 6.45) is 3.12. The van der Waals surface area contributed by atoms with Crippen molar-refractivity contribution < 1.29 is 16.5 Å².